The molecule has 36 heavy (non-hydrogen) atoms. The summed E-state index contributed by atoms with van der Waals surface area (Å²) in [6.07, 6.45) is 0.861. The first kappa shape index (κ1) is 26.3. The van der Waals surface area contributed by atoms with Crippen LogP contribution in [0.5, 0.6) is 0 Å². The summed E-state index contributed by atoms with van der Waals surface area (Å²) < 4.78 is 19.0. The van der Waals surface area contributed by atoms with Crippen LogP contribution >= 0.6 is 0 Å². The summed E-state index contributed by atoms with van der Waals surface area (Å²) in [5, 5.41) is 3.14. The Kier molecular flexibility index (Phi) is 9.07. The Morgan fingerprint density at radius 3 is 2.42 bits per heavy atom. The number of nitrogens with one attached hydrogen (secondary N) is 1. The number of hydrogen-bond donors (Lipinski definition) is 1. The summed E-state index contributed by atoms with van der Waals surface area (Å²) in [4.78, 5) is 33.8. The van der Waals surface area contributed by atoms with Crippen molar-refractivity contribution >= 4 is 11.8 Å². The van der Waals surface area contributed by atoms with Crippen LogP contribution in [0.4, 0.5) is 4.39 Å². The molecule has 2 aromatic rings. The van der Waals surface area contributed by atoms with E-state index in [1.807, 2.05) is 18.2 Å². The van der Waals surface area contributed by atoms with Gasteiger partial charge in [0.1, 0.15) is 5.82 Å². The number of fused-ring (bicyclic) bond motifs is 1. The van der Waals surface area contributed by atoms with E-state index in [9.17, 15) is 14.0 Å². The third-order valence-corrected chi connectivity index (χ3v) is 7.33. The number of methoxy groups -OCH3 is 1. The van der Waals surface area contributed by atoms with Crippen LogP contribution in [0.25, 0.3) is 0 Å². The molecule has 2 amide bonds. The van der Waals surface area contributed by atoms with Gasteiger partial charge in [0, 0.05) is 51.9 Å². The molecular formula is C28H37FN4O3. The predicted octanol–water partition coefficient (Wildman–Crippen LogP) is 2.90. The maximum Gasteiger partial charge on any atom is 0.254 e. The van der Waals surface area contributed by atoms with Gasteiger partial charge in [-0.05, 0) is 48.8 Å². The lowest BCUT2D eigenvalue weighted by atomic mass is 9.79. The quantitative estimate of drug-likeness (QED) is 0.513. The van der Waals surface area contributed by atoms with Crippen molar-refractivity contribution in [1.29, 1.82) is 0 Å². The van der Waals surface area contributed by atoms with E-state index in [0.29, 0.717) is 30.8 Å². The van der Waals surface area contributed by atoms with Crippen molar-refractivity contribution < 1.29 is 18.7 Å². The number of ether oxygens (including phenoxy) is 1. The van der Waals surface area contributed by atoms with Gasteiger partial charge in [0.2, 0.25) is 5.91 Å². The van der Waals surface area contributed by atoms with Gasteiger partial charge in [0.25, 0.3) is 5.91 Å². The maximum absolute atomic E-state index is 13.7. The molecular weight excluding hydrogens is 459 g/mol. The monoisotopic (exact) mass is 496 g/mol. The molecule has 2 atom stereocenters. The Bertz CT molecular complexity index is 1020. The normalized spacial score (nSPS) is 20.9. The molecule has 194 valence electrons. The van der Waals surface area contributed by atoms with Crippen molar-refractivity contribution in [2.75, 3.05) is 66.1 Å². The summed E-state index contributed by atoms with van der Waals surface area (Å²) in [6, 6.07) is 12.8. The molecule has 2 aromatic carbocycles. The zero-order valence-corrected chi connectivity index (χ0v) is 21.3. The zero-order valence-electron chi connectivity index (χ0n) is 21.3. The molecule has 0 aromatic heterocycles. The Hall–Kier alpha value is -2.81. The second kappa shape index (κ2) is 12.4. The number of rotatable bonds is 10. The van der Waals surface area contributed by atoms with Crippen LogP contribution in [0.3, 0.4) is 0 Å². The molecule has 0 saturated carbocycles. The first-order valence-electron chi connectivity index (χ1n) is 12.9. The fourth-order valence-corrected chi connectivity index (χ4v) is 5.29. The zero-order chi connectivity index (χ0) is 25.5. The number of piperazine rings is 1. The SMILES string of the molecule is CCN1CCN(CCCNC(=O)[C@@H]2c3ccccc3C(=O)N(CCOC)[C@@H]2c2ccc(F)cc2)CC1. The smallest absolute Gasteiger partial charge is 0.254 e. The lowest BCUT2D eigenvalue weighted by Gasteiger charge is -2.41. The van der Waals surface area contributed by atoms with E-state index in [0.717, 1.165) is 51.3 Å². The number of nitrogens with zero attached hydrogens (tertiary/aromatic N) is 3. The highest BCUT2D eigenvalue weighted by atomic mass is 19.1. The summed E-state index contributed by atoms with van der Waals surface area (Å²) in [5.41, 5.74) is 1.96. The van der Waals surface area contributed by atoms with Crippen molar-refractivity contribution in [2.45, 2.75) is 25.3 Å². The van der Waals surface area contributed by atoms with Gasteiger partial charge in [-0.15, -0.1) is 0 Å². The van der Waals surface area contributed by atoms with Gasteiger partial charge in [0.15, 0.2) is 0 Å². The molecule has 0 aliphatic carbocycles. The second-order valence-electron chi connectivity index (χ2n) is 9.47. The molecule has 0 bridgehead atoms. The van der Waals surface area contributed by atoms with E-state index in [-0.39, 0.29) is 17.6 Å². The number of carbonyl (C=O) groups excluding carboxylic acids is 2. The number of halogens is 1. The van der Waals surface area contributed by atoms with Crippen molar-refractivity contribution in [3.63, 3.8) is 0 Å². The van der Waals surface area contributed by atoms with Crippen LogP contribution in [0.1, 0.15) is 46.8 Å². The Labute approximate surface area is 213 Å². The first-order valence-corrected chi connectivity index (χ1v) is 12.9. The highest BCUT2D eigenvalue weighted by Gasteiger charge is 2.43. The van der Waals surface area contributed by atoms with Gasteiger partial charge >= 0.3 is 0 Å². The second-order valence-corrected chi connectivity index (χ2v) is 9.47. The topological polar surface area (TPSA) is 65.1 Å². The molecule has 0 unspecified atom stereocenters. The number of benzene rings is 2. The number of hydrogen-bond acceptors (Lipinski definition) is 5. The summed E-state index contributed by atoms with van der Waals surface area (Å²) in [6.45, 7) is 9.75. The van der Waals surface area contributed by atoms with E-state index < -0.39 is 12.0 Å². The van der Waals surface area contributed by atoms with Gasteiger partial charge in [0.05, 0.1) is 18.6 Å². The lowest BCUT2D eigenvalue weighted by molar-refractivity contribution is -0.124. The van der Waals surface area contributed by atoms with Crippen molar-refractivity contribution in [1.82, 2.24) is 20.0 Å². The molecule has 0 radical (unpaired) electrons. The van der Waals surface area contributed by atoms with Crippen LogP contribution in [0, 0.1) is 5.82 Å². The summed E-state index contributed by atoms with van der Waals surface area (Å²) in [5.74, 6) is -1.23. The third-order valence-electron chi connectivity index (χ3n) is 7.33. The fourth-order valence-electron chi connectivity index (χ4n) is 5.29. The standard InChI is InChI=1S/C28H37FN4O3/c1-3-31-15-17-32(18-16-31)14-6-13-30-27(34)25-23-7-4-5-8-24(23)28(35)33(19-20-36-2)26(25)21-9-11-22(29)12-10-21/h4-5,7-12,25-26H,3,6,13-20H2,1-2H3,(H,30,34)/t25-,26-/m1/s1. The van der Waals surface area contributed by atoms with E-state index in [1.165, 1.54) is 12.1 Å². The van der Waals surface area contributed by atoms with Gasteiger partial charge in [-0.25, -0.2) is 4.39 Å². The van der Waals surface area contributed by atoms with Crippen LogP contribution in [0.15, 0.2) is 48.5 Å². The largest absolute Gasteiger partial charge is 0.383 e. The molecule has 1 fully saturated rings. The third kappa shape index (κ3) is 5.94. The average Bonchev–Trinajstić information content (AvgIpc) is 2.91. The predicted molar refractivity (Wildman–Crippen MR) is 137 cm³/mol. The number of likely N-dealkylation sites (N-methyl/N-ethyl adjacent to an activating group) is 1. The van der Waals surface area contributed by atoms with E-state index in [1.54, 1.807) is 30.2 Å². The van der Waals surface area contributed by atoms with Gasteiger partial charge in [-0.2, -0.15) is 0 Å². The van der Waals surface area contributed by atoms with Crippen LogP contribution in [-0.4, -0.2) is 92.6 Å². The molecule has 2 heterocycles. The first-order chi connectivity index (χ1) is 17.5. The number of carbonyl (C=O) groups is 2. The van der Waals surface area contributed by atoms with Gasteiger partial charge in [-0.1, -0.05) is 37.3 Å². The van der Waals surface area contributed by atoms with Crippen molar-refractivity contribution in [3.05, 3.63) is 71.0 Å². The Balaban J connectivity index is 1.52. The fraction of sp³-hybridized carbons (Fsp3) is 0.500. The summed E-state index contributed by atoms with van der Waals surface area (Å²) >= 11 is 0. The minimum absolute atomic E-state index is 0.123. The Morgan fingerprint density at radius 2 is 1.72 bits per heavy atom. The molecule has 1 N–H and O–H groups in total. The van der Waals surface area contributed by atoms with Gasteiger partial charge < -0.3 is 24.8 Å². The molecule has 4 rings (SSSR count). The van der Waals surface area contributed by atoms with Crippen molar-refractivity contribution in [2.24, 2.45) is 0 Å². The average molecular weight is 497 g/mol. The van der Waals surface area contributed by atoms with E-state index >= 15 is 0 Å². The van der Waals surface area contributed by atoms with E-state index in [2.05, 4.69) is 22.0 Å². The maximum atomic E-state index is 13.7. The Morgan fingerprint density at radius 1 is 1.03 bits per heavy atom. The van der Waals surface area contributed by atoms with Crippen LogP contribution in [0.2, 0.25) is 0 Å². The molecule has 8 heteroatoms. The highest BCUT2D eigenvalue weighted by molar-refractivity contribution is 6.01. The van der Waals surface area contributed by atoms with Gasteiger partial charge in [-0.3, -0.25) is 9.59 Å². The molecule has 7 nitrogen and oxygen atoms in total. The molecule has 0 spiro atoms. The van der Waals surface area contributed by atoms with E-state index in [4.69, 9.17) is 4.74 Å². The minimum atomic E-state index is -0.602. The molecule has 2 aliphatic heterocycles. The molecule has 2 aliphatic rings. The van der Waals surface area contributed by atoms with Crippen LogP contribution in [-0.2, 0) is 9.53 Å². The summed E-state index contributed by atoms with van der Waals surface area (Å²) in [7, 11) is 1.58. The lowest BCUT2D eigenvalue weighted by Crippen LogP contribution is -2.49. The molecule has 1 saturated heterocycles. The number of amides is 2. The minimum Gasteiger partial charge on any atom is -0.383 e. The highest BCUT2D eigenvalue weighted by Crippen LogP contribution is 2.42. The van der Waals surface area contributed by atoms with Crippen LogP contribution < -0.4 is 5.32 Å². The van der Waals surface area contributed by atoms with Crippen molar-refractivity contribution in [3.8, 4) is 0 Å².